The molecule has 16 heavy (non-hydrogen) atoms. The van der Waals surface area contributed by atoms with Crippen molar-refractivity contribution in [2.24, 2.45) is 5.41 Å². The molecule has 0 nitrogen and oxygen atoms in total. The van der Waals surface area contributed by atoms with E-state index in [2.05, 4.69) is 44.7 Å². The normalized spacial score (nSPS) is 17.9. The van der Waals surface area contributed by atoms with Crippen LogP contribution in [0, 0.1) is 5.41 Å². The molecular weight excluding hydrogens is 192 g/mol. The van der Waals surface area contributed by atoms with Crippen molar-refractivity contribution in [3.05, 3.63) is 42.0 Å². The second kappa shape index (κ2) is 5.34. The Morgan fingerprint density at radius 2 is 1.75 bits per heavy atom. The SMILES string of the molecule is C=C1c2ccccc2CCCC1(C)C.CC. The molecule has 88 valence electrons. The molecule has 0 aromatic heterocycles. The molecule has 2 rings (SSSR count). The molecule has 0 radical (unpaired) electrons. The third kappa shape index (κ3) is 2.55. The topological polar surface area (TPSA) is 0 Å². The van der Waals surface area contributed by atoms with Crippen molar-refractivity contribution in [2.75, 3.05) is 0 Å². The second-order valence-electron chi connectivity index (χ2n) is 4.87. The van der Waals surface area contributed by atoms with Gasteiger partial charge < -0.3 is 0 Å². The zero-order valence-electron chi connectivity index (χ0n) is 11.1. The summed E-state index contributed by atoms with van der Waals surface area (Å²) in [5.74, 6) is 0. The zero-order chi connectivity index (χ0) is 12.2. The molecule has 0 aliphatic heterocycles. The zero-order valence-corrected chi connectivity index (χ0v) is 11.1. The second-order valence-corrected chi connectivity index (χ2v) is 4.87. The molecule has 1 aliphatic carbocycles. The predicted octanol–water partition coefficient (Wildman–Crippen LogP) is 5.09. The smallest absolute Gasteiger partial charge is 0.0103 e. The molecule has 1 aliphatic rings. The van der Waals surface area contributed by atoms with Crippen LogP contribution in [-0.4, -0.2) is 0 Å². The van der Waals surface area contributed by atoms with E-state index < -0.39 is 0 Å². The summed E-state index contributed by atoms with van der Waals surface area (Å²) in [6.45, 7) is 12.9. The van der Waals surface area contributed by atoms with Gasteiger partial charge in [0.25, 0.3) is 0 Å². The Kier molecular flexibility index (Phi) is 4.35. The van der Waals surface area contributed by atoms with E-state index in [1.165, 1.54) is 36.0 Å². The average molecular weight is 216 g/mol. The number of allylic oxidation sites excluding steroid dienone is 1. The number of aryl methyl sites for hydroxylation is 1. The Balaban J connectivity index is 0.000000606. The van der Waals surface area contributed by atoms with Crippen LogP contribution >= 0.6 is 0 Å². The van der Waals surface area contributed by atoms with E-state index in [-0.39, 0.29) is 5.41 Å². The van der Waals surface area contributed by atoms with Gasteiger partial charge in [-0.1, -0.05) is 58.5 Å². The number of hydrogen-bond acceptors (Lipinski definition) is 0. The standard InChI is InChI=1S/C14H18.C2H6/c1-11-13-9-5-4-7-12(13)8-6-10-14(11,2)3;1-2/h4-5,7,9H,1,6,8,10H2,2-3H3;1-2H3. The Morgan fingerprint density at radius 1 is 1.12 bits per heavy atom. The fraction of sp³-hybridized carbons (Fsp3) is 0.500. The first kappa shape index (κ1) is 13.0. The van der Waals surface area contributed by atoms with E-state index in [0.717, 1.165) is 0 Å². The van der Waals surface area contributed by atoms with Gasteiger partial charge in [0.15, 0.2) is 0 Å². The molecule has 0 amide bonds. The highest BCUT2D eigenvalue weighted by atomic mass is 14.3. The monoisotopic (exact) mass is 216 g/mol. The summed E-state index contributed by atoms with van der Waals surface area (Å²) < 4.78 is 0. The van der Waals surface area contributed by atoms with Gasteiger partial charge in [-0.25, -0.2) is 0 Å². The minimum absolute atomic E-state index is 0.270. The van der Waals surface area contributed by atoms with Gasteiger partial charge in [0.2, 0.25) is 0 Å². The van der Waals surface area contributed by atoms with Crippen LogP contribution < -0.4 is 0 Å². The Hall–Kier alpha value is -1.04. The average Bonchev–Trinajstić information content (AvgIpc) is 2.41. The molecule has 0 N–H and O–H groups in total. The van der Waals surface area contributed by atoms with E-state index in [0.29, 0.717) is 0 Å². The minimum Gasteiger partial charge on any atom is -0.0947 e. The highest BCUT2D eigenvalue weighted by Gasteiger charge is 2.26. The van der Waals surface area contributed by atoms with Gasteiger partial charge in [-0.05, 0) is 41.4 Å². The number of hydrogen-bond donors (Lipinski definition) is 0. The van der Waals surface area contributed by atoms with Gasteiger partial charge in [-0.15, -0.1) is 0 Å². The van der Waals surface area contributed by atoms with Gasteiger partial charge in [0.05, 0.1) is 0 Å². The molecule has 1 aromatic rings. The van der Waals surface area contributed by atoms with Gasteiger partial charge in [0, 0.05) is 0 Å². The first-order valence-corrected chi connectivity index (χ1v) is 6.39. The van der Waals surface area contributed by atoms with Crippen LogP contribution in [0.25, 0.3) is 5.57 Å². The number of benzene rings is 1. The summed E-state index contributed by atoms with van der Waals surface area (Å²) in [4.78, 5) is 0. The van der Waals surface area contributed by atoms with Gasteiger partial charge in [-0.3, -0.25) is 0 Å². The molecule has 0 heterocycles. The molecule has 0 atom stereocenters. The van der Waals surface area contributed by atoms with Crippen LogP contribution in [-0.2, 0) is 6.42 Å². The third-order valence-electron chi connectivity index (χ3n) is 3.41. The summed E-state index contributed by atoms with van der Waals surface area (Å²) in [6.07, 6.45) is 3.74. The summed E-state index contributed by atoms with van der Waals surface area (Å²) in [5, 5.41) is 0. The molecule has 0 fully saturated rings. The summed E-state index contributed by atoms with van der Waals surface area (Å²) in [5.41, 5.74) is 4.44. The van der Waals surface area contributed by atoms with E-state index in [4.69, 9.17) is 0 Å². The number of rotatable bonds is 0. The molecule has 1 aromatic carbocycles. The summed E-state index contributed by atoms with van der Waals surface area (Å²) in [6, 6.07) is 8.70. The molecule has 0 heteroatoms. The van der Waals surface area contributed by atoms with Crippen LogP contribution in [0.15, 0.2) is 30.8 Å². The lowest BCUT2D eigenvalue weighted by Crippen LogP contribution is -2.11. The third-order valence-corrected chi connectivity index (χ3v) is 3.41. The predicted molar refractivity (Wildman–Crippen MR) is 73.5 cm³/mol. The maximum absolute atomic E-state index is 4.27. The largest absolute Gasteiger partial charge is 0.0947 e. The summed E-state index contributed by atoms with van der Waals surface area (Å²) >= 11 is 0. The Morgan fingerprint density at radius 3 is 2.44 bits per heavy atom. The maximum atomic E-state index is 4.27. The van der Waals surface area contributed by atoms with Crippen molar-refractivity contribution < 1.29 is 0 Å². The fourth-order valence-corrected chi connectivity index (χ4v) is 2.27. The molecule has 0 bridgehead atoms. The minimum atomic E-state index is 0.270. The van der Waals surface area contributed by atoms with Gasteiger partial charge in [-0.2, -0.15) is 0 Å². The van der Waals surface area contributed by atoms with Crippen LogP contribution in [0.4, 0.5) is 0 Å². The van der Waals surface area contributed by atoms with Crippen LogP contribution in [0.3, 0.4) is 0 Å². The van der Waals surface area contributed by atoms with E-state index in [9.17, 15) is 0 Å². The highest BCUT2D eigenvalue weighted by molar-refractivity contribution is 5.70. The molecule has 0 unspecified atom stereocenters. The van der Waals surface area contributed by atoms with Crippen LogP contribution in [0.1, 0.15) is 51.7 Å². The first-order valence-electron chi connectivity index (χ1n) is 6.39. The van der Waals surface area contributed by atoms with Gasteiger partial charge >= 0.3 is 0 Å². The lowest BCUT2D eigenvalue weighted by molar-refractivity contribution is 0.448. The lowest BCUT2D eigenvalue weighted by Gasteiger charge is -2.25. The fourth-order valence-electron chi connectivity index (χ4n) is 2.27. The van der Waals surface area contributed by atoms with Crippen molar-refractivity contribution in [1.29, 1.82) is 0 Å². The van der Waals surface area contributed by atoms with E-state index >= 15 is 0 Å². The number of fused-ring (bicyclic) bond motifs is 1. The first-order chi connectivity index (χ1) is 7.61. The Labute approximate surface area is 100 Å². The highest BCUT2D eigenvalue weighted by Crippen LogP contribution is 2.41. The van der Waals surface area contributed by atoms with Crippen molar-refractivity contribution in [3.8, 4) is 0 Å². The van der Waals surface area contributed by atoms with Gasteiger partial charge in [0.1, 0.15) is 0 Å². The molecule has 0 saturated carbocycles. The lowest BCUT2D eigenvalue weighted by atomic mass is 9.79. The Bertz CT molecular complexity index is 358. The van der Waals surface area contributed by atoms with Crippen LogP contribution in [0.5, 0.6) is 0 Å². The summed E-state index contributed by atoms with van der Waals surface area (Å²) in [7, 11) is 0. The van der Waals surface area contributed by atoms with Crippen molar-refractivity contribution in [3.63, 3.8) is 0 Å². The van der Waals surface area contributed by atoms with E-state index in [1.54, 1.807) is 0 Å². The van der Waals surface area contributed by atoms with Crippen molar-refractivity contribution in [1.82, 2.24) is 0 Å². The molecule has 0 saturated heterocycles. The maximum Gasteiger partial charge on any atom is -0.0103 e. The van der Waals surface area contributed by atoms with E-state index in [1.807, 2.05) is 13.8 Å². The van der Waals surface area contributed by atoms with Crippen LogP contribution in [0.2, 0.25) is 0 Å². The molecular formula is C16H24. The van der Waals surface area contributed by atoms with Crippen molar-refractivity contribution >= 4 is 5.57 Å². The van der Waals surface area contributed by atoms with Crippen molar-refractivity contribution in [2.45, 2.75) is 47.0 Å². The molecule has 0 spiro atoms. The quantitative estimate of drug-likeness (QED) is 0.530.